The number of nitrogens with two attached hydrogens (primary N) is 1. The first-order valence-corrected chi connectivity index (χ1v) is 6.81. The molecule has 2 aromatic rings. The Morgan fingerprint density at radius 3 is 2.85 bits per heavy atom. The quantitative estimate of drug-likeness (QED) is 0.907. The number of nitrogens with zero attached hydrogens (tertiary/aromatic N) is 1. The van der Waals surface area contributed by atoms with Gasteiger partial charge in [0.1, 0.15) is 11.6 Å². The SMILES string of the molecule is NCc1ccc(Oc2cc(=O)[nH]c(C3CC3)n2)cc1Cl. The molecule has 1 aromatic carbocycles. The molecule has 0 bridgehead atoms. The standard InChI is InChI=1S/C14H14ClN3O2/c15-11-5-10(4-3-9(11)7-16)20-13-6-12(19)17-14(18-13)8-1-2-8/h3-6,8H,1-2,7,16H2,(H,17,18,19). The van der Waals surface area contributed by atoms with Crippen molar-refractivity contribution in [3.05, 3.63) is 51.0 Å². The number of H-pyrrole nitrogens is 1. The molecule has 3 N–H and O–H groups in total. The summed E-state index contributed by atoms with van der Waals surface area (Å²) >= 11 is 6.07. The zero-order valence-corrected chi connectivity index (χ0v) is 11.5. The molecule has 20 heavy (non-hydrogen) atoms. The van der Waals surface area contributed by atoms with Gasteiger partial charge in [-0.1, -0.05) is 17.7 Å². The first-order valence-electron chi connectivity index (χ1n) is 6.43. The lowest BCUT2D eigenvalue weighted by molar-refractivity contribution is 0.457. The molecule has 6 heteroatoms. The third-order valence-corrected chi connectivity index (χ3v) is 3.52. The summed E-state index contributed by atoms with van der Waals surface area (Å²) in [6.45, 7) is 0.369. The molecule has 1 saturated carbocycles. The summed E-state index contributed by atoms with van der Waals surface area (Å²) in [6, 6.07) is 6.56. The number of ether oxygens (including phenoxy) is 1. The minimum absolute atomic E-state index is 0.207. The first-order chi connectivity index (χ1) is 9.65. The van der Waals surface area contributed by atoms with Gasteiger partial charge in [-0.25, -0.2) is 0 Å². The number of hydrogen-bond acceptors (Lipinski definition) is 4. The Hall–Kier alpha value is -1.85. The fraction of sp³-hybridized carbons (Fsp3) is 0.286. The monoisotopic (exact) mass is 291 g/mol. The molecular formula is C14H14ClN3O2. The van der Waals surface area contributed by atoms with E-state index in [-0.39, 0.29) is 11.4 Å². The number of hydrogen-bond donors (Lipinski definition) is 2. The minimum atomic E-state index is -0.207. The van der Waals surface area contributed by atoms with E-state index in [1.165, 1.54) is 6.07 Å². The van der Waals surface area contributed by atoms with Gasteiger partial charge in [0.2, 0.25) is 5.88 Å². The zero-order valence-electron chi connectivity index (χ0n) is 10.7. The molecule has 1 fully saturated rings. The third-order valence-electron chi connectivity index (χ3n) is 3.17. The van der Waals surface area contributed by atoms with E-state index in [4.69, 9.17) is 22.1 Å². The lowest BCUT2D eigenvalue weighted by atomic mass is 10.2. The summed E-state index contributed by atoms with van der Waals surface area (Å²) in [5.41, 5.74) is 6.19. The summed E-state index contributed by atoms with van der Waals surface area (Å²) in [5.74, 6) is 1.87. The van der Waals surface area contributed by atoms with Crippen molar-refractivity contribution in [1.29, 1.82) is 0 Å². The van der Waals surface area contributed by atoms with Crippen LogP contribution in [0, 0.1) is 0 Å². The Morgan fingerprint density at radius 1 is 1.40 bits per heavy atom. The second-order valence-electron chi connectivity index (χ2n) is 4.80. The van der Waals surface area contributed by atoms with Crippen molar-refractivity contribution in [2.24, 2.45) is 5.73 Å². The predicted octanol–water partition coefficient (Wildman–Crippen LogP) is 2.55. The molecule has 0 radical (unpaired) electrons. The van der Waals surface area contributed by atoms with E-state index in [0.717, 1.165) is 18.4 Å². The normalized spacial score (nSPS) is 14.3. The Labute approximate surface area is 120 Å². The van der Waals surface area contributed by atoms with Gasteiger partial charge in [-0.05, 0) is 30.5 Å². The molecule has 1 heterocycles. The summed E-state index contributed by atoms with van der Waals surface area (Å²) in [7, 11) is 0. The summed E-state index contributed by atoms with van der Waals surface area (Å²) in [5, 5.41) is 0.539. The van der Waals surface area contributed by atoms with E-state index < -0.39 is 0 Å². The highest BCUT2D eigenvalue weighted by Gasteiger charge is 2.26. The fourth-order valence-electron chi connectivity index (χ4n) is 1.93. The van der Waals surface area contributed by atoms with Crippen molar-refractivity contribution in [3.8, 4) is 11.6 Å². The summed E-state index contributed by atoms with van der Waals surface area (Å²) in [4.78, 5) is 18.6. The van der Waals surface area contributed by atoms with Gasteiger partial charge in [0.25, 0.3) is 5.56 Å². The van der Waals surface area contributed by atoms with Crippen molar-refractivity contribution in [1.82, 2.24) is 9.97 Å². The van der Waals surface area contributed by atoms with Crippen LogP contribution in [0.2, 0.25) is 5.02 Å². The van der Waals surface area contributed by atoms with E-state index in [0.29, 0.717) is 29.1 Å². The van der Waals surface area contributed by atoms with E-state index in [1.807, 2.05) is 0 Å². The molecule has 0 amide bonds. The maximum atomic E-state index is 11.6. The van der Waals surface area contributed by atoms with Crippen LogP contribution >= 0.6 is 11.6 Å². The smallest absolute Gasteiger partial charge is 0.254 e. The van der Waals surface area contributed by atoms with Crippen LogP contribution in [0.5, 0.6) is 11.6 Å². The highest BCUT2D eigenvalue weighted by Crippen LogP contribution is 2.38. The minimum Gasteiger partial charge on any atom is -0.439 e. The van der Waals surface area contributed by atoms with Crippen LogP contribution in [-0.2, 0) is 6.54 Å². The van der Waals surface area contributed by atoms with Crippen molar-refractivity contribution in [2.75, 3.05) is 0 Å². The largest absolute Gasteiger partial charge is 0.439 e. The maximum absolute atomic E-state index is 11.6. The van der Waals surface area contributed by atoms with Gasteiger partial charge in [-0.15, -0.1) is 0 Å². The Balaban J connectivity index is 1.87. The molecule has 0 aliphatic heterocycles. The van der Waals surface area contributed by atoms with E-state index in [1.54, 1.807) is 18.2 Å². The number of aromatic nitrogens is 2. The number of nitrogens with one attached hydrogen (secondary N) is 1. The molecular weight excluding hydrogens is 278 g/mol. The second-order valence-corrected chi connectivity index (χ2v) is 5.21. The molecule has 1 aliphatic rings. The van der Waals surface area contributed by atoms with Crippen LogP contribution in [0.25, 0.3) is 0 Å². The lowest BCUT2D eigenvalue weighted by Gasteiger charge is -2.08. The van der Waals surface area contributed by atoms with Gasteiger partial charge in [0.05, 0.1) is 6.07 Å². The highest BCUT2D eigenvalue weighted by molar-refractivity contribution is 6.31. The molecule has 1 aromatic heterocycles. The van der Waals surface area contributed by atoms with Crippen LogP contribution in [0.4, 0.5) is 0 Å². The van der Waals surface area contributed by atoms with Crippen molar-refractivity contribution in [2.45, 2.75) is 25.3 Å². The topological polar surface area (TPSA) is 81.0 Å². The molecule has 3 rings (SSSR count). The van der Waals surface area contributed by atoms with Crippen molar-refractivity contribution < 1.29 is 4.74 Å². The predicted molar refractivity (Wildman–Crippen MR) is 76.3 cm³/mol. The lowest BCUT2D eigenvalue weighted by Crippen LogP contribution is -2.10. The number of aromatic amines is 1. The number of benzene rings is 1. The van der Waals surface area contributed by atoms with Crippen LogP contribution < -0.4 is 16.0 Å². The van der Waals surface area contributed by atoms with E-state index in [9.17, 15) is 4.79 Å². The molecule has 0 spiro atoms. The first kappa shape index (κ1) is 13.1. The van der Waals surface area contributed by atoms with Crippen LogP contribution in [0.15, 0.2) is 29.1 Å². The van der Waals surface area contributed by atoms with E-state index >= 15 is 0 Å². The van der Waals surface area contributed by atoms with Gasteiger partial charge < -0.3 is 15.5 Å². The molecule has 5 nitrogen and oxygen atoms in total. The Kier molecular flexibility index (Phi) is 3.46. The molecule has 1 aliphatic carbocycles. The number of halogens is 1. The van der Waals surface area contributed by atoms with Crippen molar-refractivity contribution in [3.63, 3.8) is 0 Å². The zero-order chi connectivity index (χ0) is 14.1. The van der Waals surface area contributed by atoms with Gasteiger partial charge in [-0.3, -0.25) is 4.79 Å². The summed E-state index contributed by atoms with van der Waals surface area (Å²) in [6.07, 6.45) is 2.12. The Bertz CT molecular complexity index is 695. The molecule has 104 valence electrons. The maximum Gasteiger partial charge on any atom is 0.254 e. The summed E-state index contributed by atoms with van der Waals surface area (Å²) < 4.78 is 5.60. The average Bonchev–Trinajstić information content (AvgIpc) is 3.22. The Morgan fingerprint density at radius 2 is 2.20 bits per heavy atom. The fourth-order valence-corrected chi connectivity index (χ4v) is 2.18. The molecule has 0 atom stereocenters. The van der Waals surface area contributed by atoms with Gasteiger partial charge in [0.15, 0.2) is 0 Å². The number of rotatable bonds is 4. The van der Waals surface area contributed by atoms with Crippen molar-refractivity contribution >= 4 is 11.6 Å². The average molecular weight is 292 g/mol. The highest BCUT2D eigenvalue weighted by atomic mass is 35.5. The van der Waals surface area contributed by atoms with Gasteiger partial charge in [0, 0.05) is 17.5 Å². The van der Waals surface area contributed by atoms with Gasteiger partial charge in [-0.2, -0.15) is 4.98 Å². The van der Waals surface area contributed by atoms with E-state index in [2.05, 4.69) is 9.97 Å². The molecule has 0 unspecified atom stereocenters. The second kappa shape index (κ2) is 5.26. The van der Waals surface area contributed by atoms with Gasteiger partial charge >= 0.3 is 0 Å². The van der Waals surface area contributed by atoms with Crippen LogP contribution in [0.1, 0.15) is 30.1 Å². The molecule has 0 saturated heterocycles. The van der Waals surface area contributed by atoms with Crippen LogP contribution in [-0.4, -0.2) is 9.97 Å². The third kappa shape index (κ3) is 2.84. The van der Waals surface area contributed by atoms with Crippen LogP contribution in [0.3, 0.4) is 0 Å².